The summed E-state index contributed by atoms with van der Waals surface area (Å²) >= 11 is 3.42. The Balaban J connectivity index is 1.95. The van der Waals surface area contributed by atoms with Crippen LogP contribution < -0.4 is 4.74 Å². The molecule has 0 spiro atoms. The van der Waals surface area contributed by atoms with Gasteiger partial charge >= 0.3 is 5.97 Å². The standard InChI is InChI=1S/C15H15BrN2O3/c1-18-12(6-8-17-18)7-9-21-14-4-2-11(10-13(14)16)3-5-15(19)20/h2-6,8,10H,7,9H2,1H3,(H,19,20)/b5-3+. The fourth-order valence-corrected chi connectivity index (χ4v) is 2.33. The van der Waals surface area contributed by atoms with E-state index in [1.165, 1.54) is 6.08 Å². The second-order valence-corrected chi connectivity index (χ2v) is 5.26. The number of hydrogen-bond donors (Lipinski definition) is 1. The van der Waals surface area contributed by atoms with E-state index in [2.05, 4.69) is 21.0 Å². The van der Waals surface area contributed by atoms with E-state index in [0.717, 1.165) is 34.0 Å². The van der Waals surface area contributed by atoms with Crippen LogP contribution in [0.25, 0.3) is 6.08 Å². The topological polar surface area (TPSA) is 64.4 Å². The highest BCUT2D eigenvalue weighted by Crippen LogP contribution is 2.26. The molecule has 0 fully saturated rings. The molecule has 1 aromatic heterocycles. The third-order valence-corrected chi connectivity index (χ3v) is 3.53. The monoisotopic (exact) mass is 350 g/mol. The van der Waals surface area contributed by atoms with Gasteiger partial charge in [-0.2, -0.15) is 5.10 Å². The molecule has 21 heavy (non-hydrogen) atoms. The van der Waals surface area contributed by atoms with Crippen LogP contribution in [-0.4, -0.2) is 27.5 Å². The van der Waals surface area contributed by atoms with Crippen molar-refractivity contribution in [2.75, 3.05) is 6.61 Å². The number of aliphatic carboxylic acids is 1. The fourth-order valence-electron chi connectivity index (χ4n) is 1.82. The van der Waals surface area contributed by atoms with Crippen LogP contribution in [0.1, 0.15) is 11.3 Å². The molecule has 0 bridgehead atoms. The van der Waals surface area contributed by atoms with Crippen molar-refractivity contribution < 1.29 is 14.6 Å². The average molecular weight is 351 g/mol. The first-order valence-electron chi connectivity index (χ1n) is 6.36. The molecule has 1 heterocycles. The number of carbonyl (C=O) groups is 1. The molecule has 0 atom stereocenters. The summed E-state index contributed by atoms with van der Waals surface area (Å²) in [7, 11) is 1.90. The van der Waals surface area contributed by atoms with Gasteiger partial charge in [0.2, 0.25) is 0 Å². The van der Waals surface area contributed by atoms with Gasteiger partial charge in [0, 0.05) is 31.4 Å². The Morgan fingerprint density at radius 1 is 1.48 bits per heavy atom. The maximum Gasteiger partial charge on any atom is 0.328 e. The molecular weight excluding hydrogens is 336 g/mol. The molecule has 2 aromatic rings. The lowest BCUT2D eigenvalue weighted by atomic mass is 10.2. The van der Waals surface area contributed by atoms with E-state index in [1.807, 2.05) is 36.0 Å². The lowest BCUT2D eigenvalue weighted by Gasteiger charge is -2.09. The molecule has 6 heteroatoms. The predicted octanol–water partition coefficient (Wildman–Crippen LogP) is 2.90. The molecule has 0 aliphatic rings. The number of hydrogen-bond acceptors (Lipinski definition) is 3. The first-order valence-corrected chi connectivity index (χ1v) is 7.16. The number of nitrogens with zero attached hydrogens (tertiary/aromatic N) is 2. The molecule has 5 nitrogen and oxygen atoms in total. The molecule has 2 rings (SSSR count). The van der Waals surface area contributed by atoms with Gasteiger partial charge in [0.25, 0.3) is 0 Å². The second-order valence-electron chi connectivity index (χ2n) is 4.41. The summed E-state index contributed by atoms with van der Waals surface area (Å²) in [6.45, 7) is 0.544. The molecule has 0 saturated carbocycles. The van der Waals surface area contributed by atoms with Gasteiger partial charge in [-0.05, 0) is 45.8 Å². The van der Waals surface area contributed by atoms with Crippen molar-refractivity contribution in [2.45, 2.75) is 6.42 Å². The van der Waals surface area contributed by atoms with Crippen molar-refractivity contribution >= 4 is 28.0 Å². The minimum absolute atomic E-state index is 0.544. The van der Waals surface area contributed by atoms with E-state index in [-0.39, 0.29) is 0 Å². The van der Waals surface area contributed by atoms with Crippen molar-refractivity contribution in [1.82, 2.24) is 9.78 Å². The maximum absolute atomic E-state index is 10.5. The third-order valence-electron chi connectivity index (χ3n) is 2.91. The smallest absolute Gasteiger partial charge is 0.328 e. The van der Waals surface area contributed by atoms with Crippen LogP contribution in [-0.2, 0) is 18.3 Å². The highest BCUT2D eigenvalue weighted by Gasteiger charge is 2.03. The van der Waals surface area contributed by atoms with Crippen LogP contribution in [0, 0.1) is 0 Å². The number of carboxylic acids is 1. The maximum atomic E-state index is 10.5. The summed E-state index contributed by atoms with van der Waals surface area (Å²) in [6.07, 6.45) is 5.16. The summed E-state index contributed by atoms with van der Waals surface area (Å²) in [5.41, 5.74) is 1.90. The van der Waals surface area contributed by atoms with Crippen LogP contribution in [0.2, 0.25) is 0 Å². The number of halogens is 1. The fraction of sp³-hybridized carbons (Fsp3) is 0.200. The third kappa shape index (κ3) is 4.46. The summed E-state index contributed by atoms with van der Waals surface area (Å²) < 4.78 is 8.33. The SMILES string of the molecule is Cn1nccc1CCOc1ccc(/C=C/C(=O)O)cc1Br. The molecule has 0 saturated heterocycles. The van der Waals surface area contributed by atoms with Crippen molar-refractivity contribution in [3.8, 4) is 5.75 Å². The molecule has 0 radical (unpaired) electrons. The number of benzene rings is 1. The normalized spacial score (nSPS) is 11.0. The minimum atomic E-state index is -0.970. The molecule has 1 aromatic carbocycles. The van der Waals surface area contributed by atoms with Gasteiger partial charge in [-0.15, -0.1) is 0 Å². The van der Waals surface area contributed by atoms with E-state index in [1.54, 1.807) is 6.20 Å². The molecule has 0 aliphatic carbocycles. The zero-order valence-corrected chi connectivity index (χ0v) is 13.1. The van der Waals surface area contributed by atoms with Crippen molar-refractivity contribution in [3.05, 3.63) is 52.3 Å². The van der Waals surface area contributed by atoms with Gasteiger partial charge in [-0.3, -0.25) is 4.68 Å². The molecule has 0 amide bonds. The van der Waals surface area contributed by atoms with E-state index in [4.69, 9.17) is 9.84 Å². The number of aryl methyl sites for hydroxylation is 1. The van der Waals surface area contributed by atoms with Crippen LogP contribution in [0.15, 0.2) is 41.0 Å². The van der Waals surface area contributed by atoms with E-state index in [0.29, 0.717) is 6.61 Å². The zero-order valence-electron chi connectivity index (χ0n) is 11.5. The van der Waals surface area contributed by atoms with Crippen LogP contribution >= 0.6 is 15.9 Å². The lowest BCUT2D eigenvalue weighted by Crippen LogP contribution is -2.06. The zero-order chi connectivity index (χ0) is 15.2. The Morgan fingerprint density at radius 2 is 2.29 bits per heavy atom. The average Bonchev–Trinajstić information content (AvgIpc) is 2.84. The highest BCUT2D eigenvalue weighted by molar-refractivity contribution is 9.10. The number of carboxylic acid groups (broad SMARTS) is 1. The molecule has 0 unspecified atom stereocenters. The summed E-state index contributed by atoms with van der Waals surface area (Å²) in [5.74, 6) is -0.243. The first-order chi connectivity index (χ1) is 10.1. The predicted molar refractivity (Wildman–Crippen MR) is 83.2 cm³/mol. The van der Waals surface area contributed by atoms with Crippen LogP contribution in [0.4, 0.5) is 0 Å². The summed E-state index contributed by atoms with van der Waals surface area (Å²) in [5, 5.41) is 12.7. The summed E-state index contributed by atoms with van der Waals surface area (Å²) in [6, 6.07) is 7.40. The van der Waals surface area contributed by atoms with Gasteiger partial charge < -0.3 is 9.84 Å². The van der Waals surface area contributed by atoms with E-state index in [9.17, 15) is 4.79 Å². The largest absolute Gasteiger partial charge is 0.492 e. The lowest BCUT2D eigenvalue weighted by molar-refractivity contribution is -0.131. The second kappa shape index (κ2) is 7.08. The van der Waals surface area contributed by atoms with E-state index >= 15 is 0 Å². The van der Waals surface area contributed by atoms with E-state index < -0.39 is 5.97 Å². The van der Waals surface area contributed by atoms with Crippen molar-refractivity contribution in [3.63, 3.8) is 0 Å². The molecule has 110 valence electrons. The Hall–Kier alpha value is -2.08. The first kappa shape index (κ1) is 15.3. The minimum Gasteiger partial charge on any atom is -0.492 e. The van der Waals surface area contributed by atoms with Gasteiger partial charge in [0.15, 0.2) is 0 Å². The van der Waals surface area contributed by atoms with Crippen molar-refractivity contribution in [1.29, 1.82) is 0 Å². The number of ether oxygens (including phenoxy) is 1. The van der Waals surface area contributed by atoms with Crippen molar-refractivity contribution in [2.24, 2.45) is 7.05 Å². The Labute approximate surface area is 131 Å². The van der Waals surface area contributed by atoms with Gasteiger partial charge in [-0.25, -0.2) is 4.79 Å². The Kier molecular flexibility index (Phi) is 5.16. The van der Waals surface area contributed by atoms with Crippen LogP contribution in [0.3, 0.4) is 0 Å². The number of aromatic nitrogens is 2. The van der Waals surface area contributed by atoms with Crippen LogP contribution in [0.5, 0.6) is 5.75 Å². The summed E-state index contributed by atoms with van der Waals surface area (Å²) in [4.78, 5) is 10.5. The molecule has 1 N–H and O–H groups in total. The Bertz CT molecular complexity index is 665. The van der Waals surface area contributed by atoms with Gasteiger partial charge in [-0.1, -0.05) is 6.07 Å². The Morgan fingerprint density at radius 3 is 2.90 bits per heavy atom. The molecule has 0 aliphatic heterocycles. The van der Waals surface area contributed by atoms with Gasteiger partial charge in [0.05, 0.1) is 11.1 Å². The quantitative estimate of drug-likeness (QED) is 0.813. The molecular formula is C15H15BrN2O3. The highest BCUT2D eigenvalue weighted by atomic mass is 79.9. The number of rotatable bonds is 6. The van der Waals surface area contributed by atoms with Gasteiger partial charge in [0.1, 0.15) is 5.75 Å².